The first-order valence-electron chi connectivity index (χ1n) is 12.1. The van der Waals surface area contributed by atoms with E-state index in [1.165, 1.54) is 12.7 Å². The van der Waals surface area contributed by atoms with Gasteiger partial charge in [-0.15, -0.1) is 11.8 Å². The second kappa shape index (κ2) is 14.2. The largest absolute Gasteiger partial charge is 0.496 e. The highest BCUT2D eigenvalue weighted by atomic mass is 32.2. The Kier molecular flexibility index (Phi) is 10.7. The minimum absolute atomic E-state index is 0.208. The average molecular weight is 507 g/mol. The molecule has 3 rings (SSSR count). The second-order valence-corrected chi connectivity index (χ2v) is 9.12. The van der Waals surface area contributed by atoms with Crippen LogP contribution in [0.25, 0.3) is 0 Å². The van der Waals surface area contributed by atoms with Crippen molar-refractivity contribution >= 4 is 35.1 Å². The van der Waals surface area contributed by atoms with Crippen LogP contribution in [0.2, 0.25) is 0 Å². The highest BCUT2D eigenvalue weighted by Crippen LogP contribution is 2.25. The van der Waals surface area contributed by atoms with E-state index in [1.807, 2.05) is 42.5 Å². The SMILES string of the molecule is CCN(CC)CCNC(=O)c1ccc(NC(=O)Nc2ccc(SCc3ccccc3)cc2)cc1OC. The average Bonchev–Trinajstić information content (AvgIpc) is 2.91. The van der Waals surface area contributed by atoms with E-state index in [9.17, 15) is 9.59 Å². The Morgan fingerprint density at radius 2 is 1.56 bits per heavy atom. The normalized spacial score (nSPS) is 10.7. The first-order chi connectivity index (χ1) is 17.5. The number of rotatable bonds is 12. The fourth-order valence-electron chi connectivity index (χ4n) is 3.59. The molecule has 0 aliphatic carbocycles. The smallest absolute Gasteiger partial charge is 0.323 e. The van der Waals surface area contributed by atoms with Crippen molar-refractivity contribution in [3.8, 4) is 5.75 Å². The summed E-state index contributed by atoms with van der Waals surface area (Å²) < 4.78 is 5.40. The molecule has 3 aromatic rings. The monoisotopic (exact) mass is 506 g/mol. The molecule has 0 atom stereocenters. The highest BCUT2D eigenvalue weighted by Gasteiger charge is 2.14. The standard InChI is InChI=1S/C28H34N4O3S/c1-4-32(5-2)18-17-29-27(33)25-16-13-23(19-26(25)35-3)31-28(34)30-22-11-14-24(15-12-22)36-20-21-9-7-6-8-10-21/h6-16,19H,4-5,17-18,20H2,1-3H3,(H,29,33)(H2,30,31,34). The molecule has 0 aliphatic heterocycles. The molecule has 36 heavy (non-hydrogen) atoms. The molecule has 3 amide bonds. The van der Waals surface area contributed by atoms with Gasteiger partial charge in [-0.05, 0) is 55.1 Å². The van der Waals surface area contributed by atoms with Gasteiger partial charge in [-0.3, -0.25) is 4.79 Å². The Balaban J connectivity index is 1.51. The molecular formula is C28H34N4O3S. The topological polar surface area (TPSA) is 82.7 Å². The van der Waals surface area contributed by atoms with Gasteiger partial charge in [0, 0.05) is 41.2 Å². The van der Waals surface area contributed by atoms with Gasteiger partial charge in [-0.1, -0.05) is 44.2 Å². The minimum Gasteiger partial charge on any atom is -0.496 e. The third-order valence-corrected chi connectivity index (χ3v) is 6.76. The van der Waals surface area contributed by atoms with Crippen molar-refractivity contribution in [2.75, 3.05) is 43.9 Å². The molecule has 0 heterocycles. The van der Waals surface area contributed by atoms with Gasteiger partial charge >= 0.3 is 6.03 Å². The summed E-state index contributed by atoms with van der Waals surface area (Å²) >= 11 is 1.74. The summed E-state index contributed by atoms with van der Waals surface area (Å²) in [4.78, 5) is 28.5. The van der Waals surface area contributed by atoms with Gasteiger partial charge in [0.15, 0.2) is 0 Å². The van der Waals surface area contributed by atoms with Crippen molar-refractivity contribution in [2.45, 2.75) is 24.5 Å². The number of carbonyl (C=O) groups is 2. The molecular weight excluding hydrogens is 472 g/mol. The van der Waals surface area contributed by atoms with Crippen molar-refractivity contribution < 1.29 is 14.3 Å². The maximum atomic E-state index is 12.6. The van der Waals surface area contributed by atoms with Gasteiger partial charge in [-0.25, -0.2) is 4.79 Å². The number of methoxy groups -OCH3 is 1. The second-order valence-electron chi connectivity index (χ2n) is 8.08. The zero-order chi connectivity index (χ0) is 25.8. The number of carbonyl (C=O) groups excluding carboxylic acids is 2. The van der Waals surface area contributed by atoms with Gasteiger partial charge in [0.2, 0.25) is 0 Å². The van der Waals surface area contributed by atoms with Crippen LogP contribution >= 0.6 is 11.8 Å². The number of amides is 3. The lowest BCUT2D eigenvalue weighted by Gasteiger charge is -2.18. The van der Waals surface area contributed by atoms with Crippen LogP contribution in [0.15, 0.2) is 77.7 Å². The van der Waals surface area contributed by atoms with E-state index in [4.69, 9.17) is 4.74 Å². The molecule has 190 valence electrons. The summed E-state index contributed by atoms with van der Waals surface area (Å²) in [6.07, 6.45) is 0. The van der Waals surface area contributed by atoms with Crippen LogP contribution in [0.3, 0.4) is 0 Å². The number of benzene rings is 3. The number of hydrogen-bond donors (Lipinski definition) is 3. The summed E-state index contributed by atoms with van der Waals surface area (Å²) in [6.45, 7) is 7.41. The molecule has 0 radical (unpaired) electrons. The van der Waals surface area contributed by atoms with E-state index >= 15 is 0 Å². The third-order valence-electron chi connectivity index (χ3n) is 5.67. The number of likely N-dealkylation sites (N-methyl/N-ethyl adjacent to an activating group) is 1. The van der Waals surface area contributed by atoms with Gasteiger partial charge in [0.05, 0.1) is 12.7 Å². The highest BCUT2D eigenvalue weighted by molar-refractivity contribution is 7.98. The molecule has 3 aromatic carbocycles. The van der Waals surface area contributed by atoms with Crippen molar-refractivity contribution in [3.63, 3.8) is 0 Å². The fourth-order valence-corrected chi connectivity index (χ4v) is 4.44. The van der Waals surface area contributed by atoms with E-state index in [0.717, 1.165) is 30.3 Å². The van der Waals surface area contributed by atoms with E-state index in [2.05, 4.69) is 46.8 Å². The summed E-state index contributed by atoms with van der Waals surface area (Å²) in [6, 6.07) is 22.6. The Hall–Kier alpha value is -3.49. The first kappa shape index (κ1) is 27.1. The van der Waals surface area contributed by atoms with Gasteiger partial charge < -0.3 is 25.6 Å². The molecule has 0 aliphatic rings. The number of nitrogens with zero attached hydrogens (tertiary/aromatic N) is 1. The van der Waals surface area contributed by atoms with Crippen molar-refractivity contribution in [1.82, 2.24) is 10.2 Å². The van der Waals surface area contributed by atoms with Gasteiger partial charge in [0.1, 0.15) is 5.75 Å². The number of urea groups is 1. The van der Waals surface area contributed by atoms with Crippen molar-refractivity contribution in [2.24, 2.45) is 0 Å². The Bertz CT molecular complexity index is 1120. The van der Waals surface area contributed by atoms with Gasteiger partial charge in [-0.2, -0.15) is 0 Å². The number of thioether (sulfide) groups is 1. The Labute approximate surface area is 217 Å². The molecule has 7 nitrogen and oxygen atoms in total. The van der Waals surface area contributed by atoms with Gasteiger partial charge in [0.25, 0.3) is 5.91 Å². The zero-order valence-corrected chi connectivity index (χ0v) is 21.9. The lowest BCUT2D eigenvalue weighted by molar-refractivity contribution is 0.0946. The molecule has 0 aromatic heterocycles. The van der Waals surface area contributed by atoms with Crippen molar-refractivity contribution in [1.29, 1.82) is 0 Å². The summed E-state index contributed by atoms with van der Waals surface area (Å²) in [5.74, 6) is 1.08. The maximum absolute atomic E-state index is 12.6. The van der Waals surface area contributed by atoms with E-state index in [0.29, 0.717) is 29.2 Å². The summed E-state index contributed by atoms with van der Waals surface area (Å²) in [5.41, 5.74) is 2.90. The lowest BCUT2D eigenvalue weighted by atomic mass is 10.1. The van der Waals surface area contributed by atoms with Crippen LogP contribution in [-0.4, -0.2) is 50.1 Å². The molecule has 0 bridgehead atoms. The summed E-state index contributed by atoms with van der Waals surface area (Å²) in [5, 5.41) is 8.55. The number of ether oxygens (including phenoxy) is 1. The number of hydrogen-bond acceptors (Lipinski definition) is 5. The zero-order valence-electron chi connectivity index (χ0n) is 21.0. The quantitative estimate of drug-likeness (QED) is 0.274. The third kappa shape index (κ3) is 8.32. The predicted molar refractivity (Wildman–Crippen MR) is 148 cm³/mol. The van der Waals surface area contributed by atoms with Crippen LogP contribution in [0, 0.1) is 0 Å². The van der Waals surface area contributed by atoms with Crippen LogP contribution in [0.4, 0.5) is 16.2 Å². The lowest BCUT2D eigenvalue weighted by Crippen LogP contribution is -2.34. The number of nitrogens with one attached hydrogen (secondary N) is 3. The van der Waals surface area contributed by atoms with E-state index < -0.39 is 0 Å². The van der Waals surface area contributed by atoms with Crippen molar-refractivity contribution in [3.05, 3.63) is 83.9 Å². The molecule has 0 spiro atoms. The first-order valence-corrected chi connectivity index (χ1v) is 13.0. The van der Waals surface area contributed by atoms with Crippen LogP contribution in [0.5, 0.6) is 5.75 Å². The Morgan fingerprint density at radius 3 is 2.22 bits per heavy atom. The van der Waals surface area contributed by atoms with E-state index in [1.54, 1.807) is 30.0 Å². The Morgan fingerprint density at radius 1 is 0.889 bits per heavy atom. The minimum atomic E-state index is -0.377. The fraction of sp³-hybridized carbons (Fsp3) is 0.286. The molecule has 0 unspecified atom stereocenters. The molecule has 8 heteroatoms. The molecule has 0 saturated carbocycles. The van der Waals surface area contributed by atoms with Crippen LogP contribution < -0.4 is 20.7 Å². The molecule has 0 saturated heterocycles. The van der Waals surface area contributed by atoms with E-state index in [-0.39, 0.29) is 11.9 Å². The predicted octanol–water partition coefficient (Wildman–Crippen LogP) is 5.70. The molecule has 0 fully saturated rings. The van der Waals surface area contributed by atoms with Crippen LogP contribution in [0.1, 0.15) is 29.8 Å². The summed E-state index contributed by atoms with van der Waals surface area (Å²) in [7, 11) is 1.50. The molecule has 3 N–H and O–H groups in total. The van der Waals surface area contributed by atoms with Crippen LogP contribution in [-0.2, 0) is 5.75 Å². The number of anilines is 2. The maximum Gasteiger partial charge on any atom is 0.323 e.